The minimum atomic E-state index is -3.20. The molecule has 2 aromatic heterocycles. The van der Waals surface area contributed by atoms with E-state index in [1.54, 1.807) is 29.2 Å². The first-order valence-corrected chi connectivity index (χ1v) is 25.7. The number of benzene rings is 3. The number of urea groups is 1. The quantitative estimate of drug-likeness (QED) is 0.0614. The molecule has 0 radical (unpaired) electrons. The summed E-state index contributed by atoms with van der Waals surface area (Å²) in [5.74, 6) is -4.74. The minimum absolute atomic E-state index is 0.0347. The van der Waals surface area contributed by atoms with E-state index in [2.05, 4.69) is 70.7 Å². The third-order valence-electron chi connectivity index (χ3n) is 11.6. The van der Waals surface area contributed by atoms with Gasteiger partial charge in [0, 0.05) is 40.8 Å². The van der Waals surface area contributed by atoms with Gasteiger partial charge in [0.15, 0.2) is 8.32 Å². The summed E-state index contributed by atoms with van der Waals surface area (Å²) in [4.78, 5) is 80.0. The molecule has 0 spiro atoms. The lowest BCUT2D eigenvalue weighted by Crippen LogP contribution is -2.49. The van der Waals surface area contributed by atoms with Gasteiger partial charge in [0.2, 0.25) is 5.91 Å². The van der Waals surface area contributed by atoms with Crippen LogP contribution >= 0.6 is 11.6 Å². The maximum atomic E-state index is 14.0. The van der Waals surface area contributed by atoms with E-state index in [0.29, 0.717) is 15.8 Å². The summed E-state index contributed by atoms with van der Waals surface area (Å²) in [6, 6.07) is 13.8. The minimum Gasteiger partial charge on any atom is -0.477 e. The first-order chi connectivity index (χ1) is 31.0. The molecule has 1 aliphatic heterocycles. The van der Waals surface area contributed by atoms with Crippen LogP contribution in [0, 0.1) is 0 Å². The van der Waals surface area contributed by atoms with Crippen LogP contribution in [0.2, 0.25) is 23.2 Å². The summed E-state index contributed by atoms with van der Waals surface area (Å²) in [5.41, 5.74) is 0.866. The molecular weight excluding hydrogens is 916 g/mol. The molecule has 24 heteroatoms. The van der Waals surface area contributed by atoms with Crippen molar-refractivity contribution in [1.29, 1.82) is 0 Å². The number of tetrazole rings is 1. The number of carboxylic acid groups (broad SMARTS) is 2. The van der Waals surface area contributed by atoms with Gasteiger partial charge in [-0.1, -0.05) is 44.5 Å². The molecule has 0 aliphatic carbocycles. The van der Waals surface area contributed by atoms with Gasteiger partial charge < -0.3 is 40.8 Å². The van der Waals surface area contributed by atoms with E-state index < -0.39 is 65.7 Å². The molecule has 21 nitrogen and oxygen atoms in total. The maximum Gasteiger partial charge on any atom is 0.416 e. The van der Waals surface area contributed by atoms with Crippen LogP contribution in [-0.4, -0.2) is 129 Å². The van der Waals surface area contributed by atoms with Gasteiger partial charge in [-0.15, -0.1) is 5.10 Å². The Morgan fingerprint density at radius 3 is 2.21 bits per heavy atom. The summed E-state index contributed by atoms with van der Waals surface area (Å²) in [6.45, 7) is 11.1. The predicted octanol–water partition coefficient (Wildman–Crippen LogP) is 5.23. The average Bonchev–Trinajstić information content (AvgIpc) is 3.92. The van der Waals surface area contributed by atoms with Crippen molar-refractivity contribution in [3.05, 3.63) is 89.3 Å². The van der Waals surface area contributed by atoms with Crippen molar-refractivity contribution in [3.8, 4) is 5.69 Å². The molecule has 1 saturated heterocycles. The van der Waals surface area contributed by atoms with Crippen molar-refractivity contribution in [2.75, 3.05) is 40.6 Å². The molecule has 1 unspecified atom stereocenters. The number of carbonyl (C=O) groups is 6. The zero-order chi connectivity index (χ0) is 48.1. The highest BCUT2D eigenvalue weighted by Gasteiger charge is 2.38. The molecule has 3 aromatic carbocycles. The smallest absolute Gasteiger partial charge is 0.416 e. The first-order valence-electron chi connectivity index (χ1n) is 20.6. The van der Waals surface area contributed by atoms with Crippen molar-refractivity contribution in [1.82, 2.24) is 35.0 Å². The molecule has 3 heterocycles. The number of anilines is 3. The Hall–Kier alpha value is -6.69. The van der Waals surface area contributed by atoms with E-state index in [4.69, 9.17) is 16.0 Å². The summed E-state index contributed by atoms with van der Waals surface area (Å²) in [7, 11) is -5.36. The van der Waals surface area contributed by atoms with Gasteiger partial charge in [0.05, 0.1) is 35.0 Å². The summed E-state index contributed by atoms with van der Waals surface area (Å²) < 4.78 is 32.7. The van der Waals surface area contributed by atoms with Gasteiger partial charge in [-0.25, -0.2) is 27.4 Å². The predicted molar refractivity (Wildman–Crippen MR) is 246 cm³/mol. The zero-order valence-corrected chi connectivity index (χ0v) is 39.1. The van der Waals surface area contributed by atoms with Crippen molar-refractivity contribution in [2.24, 2.45) is 0 Å². The fourth-order valence-electron chi connectivity index (χ4n) is 6.99. The molecule has 0 saturated carbocycles. The van der Waals surface area contributed by atoms with Crippen molar-refractivity contribution < 1.29 is 51.8 Å². The molecule has 6 N–H and O–H groups in total. The summed E-state index contributed by atoms with van der Waals surface area (Å²) >= 11 is 6.18. The number of nitrogens with one attached hydrogen (secondary N) is 4. The SMILES string of the molecule is CC(C)(C)[Si](C)(C)OCCN(C(=O)Nc1ccc(CC(NC(=O)C(=O)Nc2cc(Cl)ccc2-n2cnnn2)C(=O)Nc2ccc3c(c2)cc(C(=O)O)n3C(=O)O)cc1)C1CCS(=O)(=O)CC1. The third kappa shape index (κ3) is 11.8. The van der Waals surface area contributed by atoms with Gasteiger partial charge in [-0.2, -0.15) is 4.68 Å². The molecule has 6 rings (SSSR count). The highest BCUT2D eigenvalue weighted by molar-refractivity contribution is 7.91. The van der Waals surface area contributed by atoms with Crippen LogP contribution in [-0.2, 0) is 35.1 Å². The molecule has 66 heavy (non-hydrogen) atoms. The summed E-state index contributed by atoms with van der Waals surface area (Å²) in [5, 5.41) is 41.0. The van der Waals surface area contributed by atoms with Gasteiger partial charge >= 0.3 is 29.9 Å². The fourth-order valence-corrected chi connectivity index (χ4v) is 9.66. The van der Waals surface area contributed by atoms with Crippen LogP contribution in [0.15, 0.2) is 73.1 Å². The largest absolute Gasteiger partial charge is 0.477 e. The maximum absolute atomic E-state index is 14.0. The highest BCUT2D eigenvalue weighted by atomic mass is 35.5. The molecule has 0 bridgehead atoms. The van der Waals surface area contributed by atoms with E-state index in [1.165, 1.54) is 47.4 Å². The number of amides is 5. The molecule has 5 aromatic rings. The lowest BCUT2D eigenvalue weighted by molar-refractivity contribution is -0.137. The van der Waals surface area contributed by atoms with Gasteiger partial charge in [0.1, 0.15) is 27.9 Å². The lowest BCUT2D eigenvalue weighted by atomic mass is 10.0. The monoisotopic (exact) mass is 964 g/mol. The Kier molecular flexibility index (Phi) is 14.6. The molecule has 1 atom stereocenters. The molecule has 1 aliphatic rings. The number of aromatic nitrogens is 5. The normalized spacial score (nSPS) is 14.5. The Balaban J connectivity index is 1.21. The van der Waals surface area contributed by atoms with E-state index >= 15 is 0 Å². The summed E-state index contributed by atoms with van der Waals surface area (Å²) in [6.07, 6.45) is 0.126. The van der Waals surface area contributed by atoms with Crippen molar-refractivity contribution >= 4 is 93.5 Å². The van der Waals surface area contributed by atoms with Crippen LogP contribution in [0.1, 0.15) is 49.7 Å². The van der Waals surface area contributed by atoms with Crippen LogP contribution in [0.3, 0.4) is 0 Å². The molecular formula is C42H49ClN10O11SSi. The highest BCUT2D eigenvalue weighted by Crippen LogP contribution is 2.36. The average molecular weight is 966 g/mol. The second kappa shape index (κ2) is 19.8. The standard InChI is InChI=1S/C42H49ClN10O11SSi/c1-42(2,3)66(4,5)64-17-16-51(30-14-18-65(62,63)19-15-30)40(59)46-28-9-6-25(7-10-28)20-32(36(54)45-29-11-13-33-26(21-29)22-35(39(57)58)53(33)41(60)61)48-38(56)37(55)47-31-23-27(43)8-12-34(31)52-24-44-49-50-52/h6-13,21-24,30,32H,14-20H2,1-5H3,(H,45,54)(H,46,59)(H,47,55)(H,48,56)(H,57,58)(H,60,61). The first kappa shape index (κ1) is 48.8. The van der Waals surface area contributed by atoms with Crippen LogP contribution < -0.4 is 21.3 Å². The van der Waals surface area contributed by atoms with E-state index in [1.807, 2.05) is 0 Å². The second-order valence-electron chi connectivity index (χ2n) is 17.1. The number of sulfone groups is 1. The van der Waals surface area contributed by atoms with E-state index in [9.17, 15) is 47.4 Å². The number of hydrogen-bond acceptors (Lipinski definition) is 12. The number of nitrogens with zero attached hydrogens (tertiary/aromatic N) is 6. The molecule has 1 fully saturated rings. The van der Waals surface area contributed by atoms with Gasteiger partial charge in [-0.05, 0) is 102 Å². The van der Waals surface area contributed by atoms with Crippen LogP contribution in [0.5, 0.6) is 0 Å². The van der Waals surface area contributed by atoms with Crippen molar-refractivity contribution in [2.45, 2.75) is 70.2 Å². The Bertz CT molecular complexity index is 2760. The van der Waals surface area contributed by atoms with E-state index in [0.717, 1.165) is 6.07 Å². The topological polar surface area (TPSA) is 286 Å². The molecule has 350 valence electrons. The number of hydrogen-bond donors (Lipinski definition) is 6. The lowest BCUT2D eigenvalue weighted by Gasteiger charge is -2.38. The Morgan fingerprint density at radius 2 is 1.59 bits per heavy atom. The number of fused-ring (bicyclic) bond motifs is 1. The number of rotatable bonds is 14. The second-order valence-corrected chi connectivity index (χ2v) is 24.7. The Labute approximate surface area is 384 Å². The van der Waals surface area contributed by atoms with Crippen LogP contribution in [0.25, 0.3) is 16.6 Å². The molecule has 5 amide bonds. The number of carboxylic acids is 1. The number of carbonyl (C=O) groups excluding carboxylic acids is 4. The number of aromatic carboxylic acids is 1. The zero-order valence-electron chi connectivity index (χ0n) is 36.6. The van der Waals surface area contributed by atoms with Crippen LogP contribution in [0.4, 0.5) is 26.7 Å². The third-order valence-corrected chi connectivity index (χ3v) is 18.1. The fraction of sp³-hybridized carbons (Fsp3) is 0.357. The van der Waals surface area contributed by atoms with Crippen molar-refractivity contribution in [3.63, 3.8) is 0 Å². The van der Waals surface area contributed by atoms with E-state index in [-0.39, 0.29) is 88.0 Å². The van der Waals surface area contributed by atoms with Gasteiger partial charge in [0.25, 0.3) is 0 Å². The Morgan fingerprint density at radius 1 is 0.909 bits per heavy atom. The van der Waals surface area contributed by atoms with Gasteiger partial charge in [-0.3, -0.25) is 14.4 Å². The number of halogens is 1.